The Labute approximate surface area is 94.3 Å². The smallest absolute Gasteiger partial charge is 0.0514 e. The predicted molar refractivity (Wildman–Crippen MR) is 65.5 cm³/mol. The number of benzene rings is 1. The molecule has 0 saturated carbocycles. The van der Waals surface area contributed by atoms with Crippen LogP contribution in [0, 0.1) is 6.92 Å². The summed E-state index contributed by atoms with van der Waals surface area (Å²) in [5.74, 6) is 0. The number of hydrogen-bond acceptors (Lipinski definition) is 1. The maximum atomic E-state index is 3.84. The van der Waals surface area contributed by atoms with Crippen molar-refractivity contribution in [2.24, 2.45) is 0 Å². The zero-order chi connectivity index (χ0) is 10.6. The van der Waals surface area contributed by atoms with Crippen LogP contribution in [0.5, 0.6) is 0 Å². The quantitative estimate of drug-likeness (QED) is 0.809. The number of rotatable bonds is 4. The van der Waals surface area contributed by atoms with Crippen molar-refractivity contribution in [1.82, 2.24) is 5.32 Å². The van der Waals surface area contributed by atoms with Crippen molar-refractivity contribution in [3.05, 3.63) is 46.5 Å². The minimum atomic E-state index is 0.231. The molecular formula is C12H16BrN. The number of hydrogen-bond donors (Lipinski definition) is 1. The van der Waals surface area contributed by atoms with Gasteiger partial charge in [0.1, 0.15) is 0 Å². The van der Waals surface area contributed by atoms with Gasteiger partial charge in [0.15, 0.2) is 0 Å². The molecule has 0 aliphatic heterocycles. The molecule has 1 aromatic carbocycles. The largest absolute Gasteiger partial charge is 0.307 e. The van der Waals surface area contributed by atoms with Gasteiger partial charge in [-0.15, -0.1) is 6.58 Å². The highest BCUT2D eigenvalue weighted by molar-refractivity contribution is 9.10. The van der Waals surface area contributed by atoms with Crippen molar-refractivity contribution in [3.8, 4) is 0 Å². The van der Waals surface area contributed by atoms with Crippen molar-refractivity contribution in [2.75, 3.05) is 6.54 Å². The Morgan fingerprint density at radius 3 is 2.79 bits per heavy atom. The summed E-state index contributed by atoms with van der Waals surface area (Å²) in [5.41, 5.74) is 2.51. The monoisotopic (exact) mass is 253 g/mol. The van der Waals surface area contributed by atoms with Crippen molar-refractivity contribution < 1.29 is 0 Å². The highest BCUT2D eigenvalue weighted by Crippen LogP contribution is 2.25. The number of halogens is 1. The topological polar surface area (TPSA) is 12.0 Å². The third-order valence-electron chi connectivity index (χ3n) is 2.15. The van der Waals surface area contributed by atoms with E-state index in [0.717, 1.165) is 11.0 Å². The lowest BCUT2D eigenvalue weighted by molar-refractivity contribution is 0.647. The molecule has 0 radical (unpaired) electrons. The van der Waals surface area contributed by atoms with Gasteiger partial charge in [0.2, 0.25) is 0 Å². The van der Waals surface area contributed by atoms with Gasteiger partial charge in [-0.3, -0.25) is 0 Å². The zero-order valence-corrected chi connectivity index (χ0v) is 10.3. The van der Waals surface area contributed by atoms with Gasteiger partial charge in [0, 0.05) is 4.47 Å². The molecule has 0 amide bonds. The molecule has 0 bridgehead atoms. The first-order valence-corrected chi connectivity index (χ1v) is 5.60. The van der Waals surface area contributed by atoms with Crippen LogP contribution in [0.15, 0.2) is 35.3 Å². The van der Waals surface area contributed by atoms with Gasteiger partial charge in [-0.1, -0.05) is 41.1 Å². The van der Waals surface area contributed by atoms with Gasteiger partial charge in [-0.25, -0.2) is 0 Å². The van der Waals surface area contributed by atoms with Crippen LogP contribution in [0.25, 0.3) is 0 Å². The molecule has 76 valence electrons. The Hall–Kier alpha value is -0.600. The lowest BCUT2D eigenvalue weighted by Gasteiger charge is -2.15. The minimum absolute atomic E-state index is 0.231. The van der Waals surface area contributed by atoms with Crippen LogP contribution in [0.3, 0.4) is 0 Å². The first-order chi connectivity index (χ1) is 6.69. The third-order valence-corrected chi connectivity index (χ3v) is 2.84. The van der Waals surface area contributed by atoms with E-state index in [2.05, 4.69) is 59.9 Å². The summed E-state index contributed by atoms with van der Waals surface area (Å²) in [5, 5.41) is 3.36. The summed E-state index contributed by atoms with van der Waals surface area (Å²) in [7, 11) is 0. The summed E-state index contributed by atoms with van der Waals surface area (Å²) < 4.78 is 1.14. The van der Waals surface area contributed by atoms with Gasteiger partial charge < -0.3 is 5.32 Å². The van der Waals surface area contributed by atoms with E-state index in [1.165, 1.54) is 11.1 Å². The number of nitrogens with one attached hydrogen (secondary N) is 1. The summed E-state index contributed by atoms with van der Waals surface area (Å²) in [4.78, 5) is 0. The van der Waals surface area contributed by atoms with Crippen LogP contribution in [0.4, 0.5) is 0 Å². The maximum absolute atomic E-state index is 3.84. The first-order valence-electron chi connectivity index (χ1n) is 4.81. The van der Waals surface area contributed by atoms with Crippen molar-refractivity contribution in [1.29, 1.82) is 0 Å². The van der Waals surface area contributed by atoms with Gasteiger partial charge >= 0.3 is 0 Å². The third kappa shape index (κ3) is 2.69. The summed E-state index contributed by atoms with van der Waals surface area (Å²) in [6.07, 6.45) is 1.93. The summed E-state index contributed by atoms with van der Waals surface area (Å²) in [6, 6.07) is 6.61. The Kier molecular flexibility index (Phi) is 4.36. The van der Waals surface area contributed by atoms with Crippen molar-refractivity contribution in [2.45, 2.75) is 19.9 Å². The minimum Gasteiger partial charge on any atom is -0.307 e. The van der Waals surface area contributed by atoms with E-state index >= 15 is 0 Å². The second-order valence-corrected chi connectivity index (χ2v) is 4.15. The Morgan fingerprint density at radius 1 is 1.57 bits per heavy atom. The van der Waals surface area contributed by atoms with E-state index < -0.39 is 0 Å². The molecular weight excluding hydrogens is 238 g/mol. The van der Waals surface area contributed by atoms with Crippen LogP contribution in [-0.2, 0) is 0 Å². The first kappa shape index (κ1) is 11.5. The molecule has 0 aliphatic carbocycles. The second kappa shape index (κ2) is 5.32. The zero-order valence-electron chi connectivity index (χ0n) is 8.68. The van der Waals surface area contributed by atoms with Gasteiger partial charge in [-0.05, 0) is 30.7 Å². The van der Waals surface area contributed by atoms with E-state index in [-0.39, 0.29) is 6.04 Å². The van der Waals surface area contributed by atoms with Crippen LogP contribution in [-0.4, -0.2) is 6.54 Å². The standard InChI is InChI=1S/C12H16BrN/c1-4-12(14-5-2)10-7-6-9(3)8-11(10)13/h4,6-8,12,14H,1,5H2,2-3H3. The molecule has 0 fully saturated rings. The van der Waals surface area contributed by atoms with Gasteiger partial charge in [0.25, 0.3) is 0 Å². The molecule has 0 aliphatic rings. The molecule has 0 aromatic heterocycles. The van der Waals surface area contributed by atoms with Crippen molar-refractivity contribution in [3.63, 3.8) is 0 Å². The number of aryl methyl sites for hydroxylation is 1. The van der Waals surface area contributed by atoms with E-state index in [1.807, 2.05) is 6.08 Å². The molecule has 1 atom stereocenters. The lowest BCUT2D eigenvalue weighted by atomic mass is 10.1. The van der Waals surface area contributed by atoms with Crippen LogP contribution in [0.1, 0.15) is 24.1 Å². The van der Waals surface area contributed by atoms with Crippen LogP contribution in [0.2, 0.25) is 0 Å². The average Bonchev–Trinajstić information content (AvgIpc) is 2.15. The molecule has 2 heteroatoms. The van der Waals surface area contributed by atoms with Crippen molar-refractivity contribution >= 4 is 15.9 Å². The molecule has 0 spiro atoms. The molecule has 0 heterocycles. The van der Waals surface area contributed by atoms with E-state index in [4.69, 9.17) is 0 Å². The highest BCUT2D eigenvalue weighted by Gasteiger charge is 2.08. The average molecular weight is 254 g/mol. The second-order valence-electron chi connectivity index (χ2n) is 3.30. The summed E-state index contributed by atoms with van der Waals surface area (Å²) in [6.45, 7) is 8.96. The van der Waals surface area contributed by atoms with E-state index in [9.17, 15) is 0 Å². The molecule has 1 nitrogen and oxygen atoms in total. The predicted octanol–water partition coefficient (Wildman–Crippen LogP) is 3.59. The van der Waals surface area contributed by atoms with E-state index in [0.29, 0.717) is 0 Å². The maximum Gasteiger partial charge on any atom is 0.0514 e. The Morgan fingerprint density at radius 2 is 2.29 bits per heavy atom. The molecule has 1 unspecified atom stereocenters. The molecule has 1 rings (SSSR count). The van der Waals surface area contributed by atoms with Gasteiger partial charge in [-0.2, -0.15) is 0 Å². The normalized spacial score (nSPS) is 12.5. The van der Waals surface area contributed by atoms with Gasteiger partial charge in [0.05, 0.1) is 6.04 Å². The Bertz CT molecular complexity index is 320. The number of likely N-dealkylation sites (N-methyl/N-ethyl adjacent to an activating group) is 1. The van der Waals surface area contributed by atoms with E-state index in [1.54, 1.807) is 0 Å². The summed E-state index contributed by atoms with van der Waals surface area (Å²) >= 11 is 3.57. The molecule has 14 heavy (non-hydrogen) atoms. The van der Waals surface area contributed by atoms with Crippen LogP contribution >= 0.6 is 15.9 Å². The highest BCUT2D eigenvalue weighted by atomic mass is 79.9. The fourth-order valence-corrected chi connectivity index (χ4v) is 2.16. The fourth-order valence-electron chi connectivity index (χ4n) is 1.42. The van der Waals surface area contributed by atoms with Crippen LogP contribution < -0.4 is 5.32 Å². The molecule has 0 saturated heterocycles. The molecule has 1 aromatic rings. The Balaban J connectivity index is 2.98. The SMILES string of the molecule is C=CC(NCC)c1ccc(C)cc1Br. The lowest BCUT2D eigenvalue weighted by Crippen LogP contribution is -2.19. The molecule has 1 N–H and O–H groups in total. The fraction of sp³-hybridized carbons (Fsp3) is 0.333.